The molecule has 17 heavy (non-hydrogen) atoms. The van der Waals surface area contributed by atoms with Crippen molar-refractivity contribution in [1.29, 1.82) is 0 Å². The molecule has 5 atom stereocenters. The standard InChI is InChI=1S/C10H15NO6/c1-4-5(12)3-6(13)7(16-4)8-9(14)11(2)10(15)17-8/h4-8,12-13H,3H2,1-2H3/t4-,5?,6+,7?,8?/m0/s1. The van der Waals surface area contributed by atoms with Crippen molar-refractivity contribution in [2.75, 3.05) is 7.05 Å². The monoisotopic (exact) mass is 245 g/mol. The van der Waals surface area contributed by atoms with Crippen LogP contribution in [-0.4, -0.2) is 64.7 Å². The molecule has 3 unspecified atom stereocenters. The molecule has 2 amide bonds. The van der Waals surface area contributed by atoms with E-state index in [0.717, 1.165) is 4.90 Å². The van der Waals surface area contributed by atoms with Gasteiger partial charge in [-0.05, 0) is 6.92 Å². The number of aliphatic hydroxyl groups is 2. The molecular weight excluding hydrogens is 230 g/mol. The second-order valence-corrected chi connectivity index (χ2v) is 4.38. The van der Waals surface area contributed by atoms with Crippen LogP contribution < -0.4 is 0 Å². The van der Waals surface area contributed by atoms with Crippen molar-refractivity contribution in [3.63, 3.8) is 0 Å². The van der Waals surface area contributed by atoms with Crippen molar-refractivity contribution < 1.29 is 29.3 Å². The summed E-state index contributed by atoms with van der Waals surface area (Å²) in [5.74, 6) is -0.539. The average molecular weight is 245 g/mol. The smallest absolute Gasteiger partial charge is 0.417 e. The van der Waals surface area contributed by atoms with Gasteiger partial charge in [0.25, 0.3) is 5.91 Å². The fraction of sp³-hybridized carbons (Fsp3) is 0.800. The van der Waals surface area contributed by atoms with E-state index in [0.29, 0.717) is 0 Å². The van der Waals surface area contributed by atoms with E-state index in [4.69, 9.17) is 9.47 Å². The minimum Gasteiger partial charge on any atom is -0.433 e. The van der Waals surface area contributed by atoms with Crippen LogP contribution in [0.4, 0.5) is 4.79 Å². The predicted molar refractivity (Wildman–Crippen MR) is 54.0 cm³/mol. The summed E-state index contributed by atoms with van der Waals surface area (Å²) in [6.07, 6.45) is -5.04. The van der Waals surface area contributed by atoms with Gasteiger partial charge in [-0.2, -0.15) is 0 Å². The Balaban J connectivity index is 2.12. The topological polar surface area (TPSA) is 96.3 Å². The Morgan fingerprint density at radius 1 is 1.29 bits per heavy atom. The molecule has 0 aromatic rings. The molecule has 0 aliphatic carbocycles. The van der Waals surface area contributed by atoms with Crippen molar-refractivity contribution in [3.8, 4) is 0 Å². The molecule has 2 heterocycles. The number of amides is 2. The fourth-order valence-corrected chi connectivity index (χ4v) is 2.00. The lowest BCUT2D eigenvalue weighted by atomic mass is 9.95. The quantitative estimate of drug-likeness (QED) is 0.606. The van der Waals surface area contributed by atoms with Crippen LogP contribution in [-0.2, 0) is 14.3 Å². The van der Waals surface area contributed by atoms with Gasteiger partial charge >= 0.3 is 6.09 Å². The van der Waals surface area contributed by atoms with Crippen molar-refractivity contribution in [3.05, 3.63) is 0 Å². The largest absolute Gasteiger partial charge is 0.433 e. The zero-order valence-corrected chi connectivity index (χ0v) is 9.57. The van der Waals surface area contributed by atoms with Gasteiger partial charge in [0.1, 0.15) is 6.10 Å². The van der Waals surface area contributed by atoms with Gasteiger partial charge < -0.3 is 19.7 Å². The lowest BCUT2D eigenvalue weighted by molar-refractivity contribution is -0.190. The van der Waals surface area contributed by atoms with Crippen LogP contribution in [0.5, 0.6) is 0 Å². The fourth-order valence-electron chi connectivity index (χ4n) is 2.00. The lowest BCUT2D eigenvalue weighted by Crippen LogP contribution is -2.53. The molecule has 2 N–H and O–H groups in total. The van der Waals surface area contributed by atoms with Gasteiger partial charge in [0, 0.05) is 13.5 Å². The third kappa shape index (κ3) is 2.01. The van der Waals surface area contributed by atoms with Gasteiger partial charge in [-0.15, -0.1) is 0 Å². The molecule has 96 valence electrons. The summed E-state index contributed by atoms with van der Waals surface area (Å²) in [6.45, 7) is 1.63. The van der Waals surface area contributed by atoms with Gasteiger partial charge in [-0.25, -0.2) is 9.69 Å². The summed E-state index contributed by atoms with van der Waals surface area (Å²) in [7, 11) is 1.30. The van der Waals surface area contributed by atoms with Gasteiger partial charge in [0.15, 0.2) is 0 Å². The average Bonchev–Trinajstić information content (AvgIpc) is 2.51. The van der Waals surface area contributed by atoms with E-state index >= 15 is 0 Å². The summed E-state index contributed by atoms with van der Waals surface area (Å²) in [6, 6.07) is 0. The number of imide groups is 1. The maximum Gasteiger partial charge on any atom is 0.417 e. The summed E-state index contributed by atoms with van der Waals surface area (Å²) in [4.78, 5) is 23.7. The normalized spacial score (nSPS) is 42.8. The molecule has 2 rings (SSSR count). The Bertz CT molecular complexity index is 346. The molecule has 7 heteroatoms. The van der Waals surface area contributed by atoms with Gasteiger partial charge in [0.2, 0.25) is 6.10 Å². The van der Waals surface area contributed by atoms with Crippen LogP contribution in [0.1, 0.15) is 13.3 Å². The van der Waals surface area contributed by atoms with Crippen LogP contribution in [0.25, 0.3) is 0 Å². The first-order valence-electron chi connectivity index (χ1n) is 5.41. The third-order valence-electron chi connectivity index (χ3n) is 3.15. The SMILES string of the molecule is C[C@@H]1OC(C2OC(=O)N(C)C2=O)[C@H](O)CC1O. The van der Waals surface area contributed by atoms with Crippen molar-refractivity contribution >= 4 is 12.0 Å². The highest BCUT2D eigenvalue weighted by Crippen LogP contribution is 2.27. The van der Waals surface area contributed by atoms with E-state index in [1.165, 1.54) is 7.05 Å². The Kier molecular flexibility index (Phi) is 3.07. The Morgan fingerprint density at radius 2 is 1.94 bits per heavy atom. The number of hydrogen-bond donors (Lipinski definition) is 2. The van der Waals surface area contributed by atoms with E-state index in [1.807, 2.05) is 0 Å². The predicted octanol–water partition coefficient (Wildman–Crippen LogP) is -1.14. The number of cyclic esters (lactones) is 1. The van der Waals surface area contributed by atoms with Crippen LogP contribution in [0.15, 0.2) is 0 Å². The van der Waals surface area contributed by atoms with Crippen LogP contribution in [0, 0.1) is 0 Å². The molecule has 2 aliphatic heterocycles. The molecule has 7 nitrogen and oxygen atoms in total. The molecule has 0 spiro atoms. The molecule has 0 radical (unpaired) electrons. The molecule has 0 aromatic heterocycles. The van der Waals surface area contributed by atoms with Gasteiger partial charge in [-0.1, -0.05) is 0 Å². The van der Waals surface area contributed by atoms with Crippen molar-refractivity contribution in [2.24, 2.45) is 0 Å². The minimum absolute atomic E-state index is 0.0941. The molecule has 0 bridgehead atoms. The van der Waals surface area contributed by atoms with E-state index in [9.17, 15) is 19.8 Å². The Hall–Kier alpha value is -1.18. The number of likely N-dealkylation sites (N-methyl/N-ethyl adjacent to an activating group) is 1. The second-order valence-electron chi connectivity index (χ2n) is 4.38. The number of aliphatic hydroxyl groups excluding tert-OH is 2. The van der Waals surface area contributed by atoms with Gasteiger partial charge in [-0.3, -0.25) is 4.79 Å². The molecule has 2 fully saturated rings. The highest BCUT2D eigenvalue weighted by atomic mass is 16.6. The van der Waals surface area contributed by atoms with E-state index < -0.39 is 42.5 Å². The first kappa shape index (κ1) is 12.3. The summed E-state index contributed by atoms with van der Waals surface area (Å²) in [5, 5.41) is 19.3. The summed E-state index contributed by atoms with van der Waals surface area (Å²) >= 11 is 0. The summed E-state index contributed by atoms with van der Waals surface area (Å²) in [5.41, 5.74) is 0. The zero-order chi connectivity index (χ0) is 12.7. The number of ether oxygens (including phenoxy) is 2. The number of rotatable bonds is 1. The first-order valence-corrected chi connectivity index (χ1v) is 5.41. The van der Waals surface area contributed by atoms with E-state index in [1.54, 1.807) is 6.92 Å². The highest BCUT2D eigenvalue weighted by molar-refractivity contribution is 6.00. The maximum absolute atomic E-state index is 11.7. The molecule has 0 aromatic carbocycles. The van der Waals surface area contributed by atoms with Crippen LogP contribution >= 0.6 is 0 Å². The van der Waals surface area contributed by atoms with Crippen LogP contribution in [0.2, 0.25) is 0 Å². The maximum atomic E-state index is 11.7. The van der Waals surface area contributed by atoms with Crippen molar-refractivity contribution in [1.82, 2.24) is 4.90 Å². The number of carbonyl (C=O) groups excluding carboxylic acids is 2. The van der Waals surface area contributed by atoms with E-state index in [2.05, 4.69) is 0 Å². The van der Waals surface area contributed by atoms with Gasteiger partial charge in [0.05, 0.1) is 18.3 Å². The number of hydrogen-bond acceptors (Lipinski definition) is 6. The lowest BCUT2D eigenvalue weighted by Gasteiger charge is -2.36. The number of nitrogens with zero attached hydrogens (tertiary/aromatic N) is 1. The van der Waals surface area contributed by atoms with Crippen LogP contribution in [0.3, 0.4) is 0 Å². The van der Waals surface area contributed by atoms with Crippen molar-refractivity contribution in [2.45, 2.75) is 43.9 Å². The molecule has 2 aliphatic rings. The third-order valence-corrected chi connectivity index (χ3v) is 3.15. The van der Waals surface area contributed by atoms with E-state index in [-0.39, 0.29) is 6.42 Å². The Labute approximate surface area is 97.9 Å². The first-order chi connectivity index (χ1) is 7.91. The second kappa shape index (κ2) is 4.25. The Morgan fingerprint density at radius 3 is 2.47 bits per heavy atom. The molecular formula is C10H15NO6. The molecule has 2 saturated heterocycles. The summed E-state index contributed by atoms with van der Waals surface area (Å²) < 4.78 is 10.2. The zero-order valence-electron chi connectivity index (χ0n) is 9.57. The minimum atomic E-state index is -1.13. The number of carbonyl (C=O) groups is 2. The highest BCUT2D eigenvalue weighted by Gasteiger charge is 2.49. The molecule has 0 saturated carbocycles.